The third-order valence-electron chi connectivity index (χ3n) is 9.66. The van der Waals surface area contributed by atoms with Gasteiger partial charge in [-0.2, -0.15) is 0 Å². The van der Waals surface area contributed by atoms with Crippen molar-refractivity contribution in [3.63, 3.8) is 0 Å². The van der Waals surface area contributed by atoms with Crippen LogP contribution in [0.4, 0.5) is 11.4 Å². The van der Waals surface area contributed by atoms with Crippen LogP contribution in [0.2, 0.25) is 0 Å². The molecule has 9 heteroatoms. The lowest BCUT2D eigenvalue weighted by atomic mass is 9.65. The molecular weight excluding hydrogens is 586 g/mol. The molecule has 0 saturated carbocycles. The Morgan fingerprint density at radius 3 is 2.20 bits per heavy atom. The van der Waals surface area contributed by atoms with E-state index in [1.165, 1.54) is 0 Å². The zero-order valence-electron chi connectivity index (χ0n) is 26.7. The van der Waals surface area contributed by atoms with Crippen LogP contribution in [-0.2, 0) is 14.4 Å². The van der Waals surface area contributed by atoms with Crippen LogP contribution in [0, 0.1) is 23.7 Å². The van der Waals surface area contributed by atoms with Crippen molar-refractivity contribution in [1.82, 2.24) is 4.90 Å². The Balaban J connectivity index is 1.63. The molecule has 45 heavy (non-hydrogen) atoms. The molecule has 0 radical (unpaired) electrons. The molecule has 0 aromatic heterocycles. The third kappa shape index (κ3) is 5.58. The molecule has 0 aliphatic carbocycles. The maximum absolute atomic E-state index is 15.0. The van der Waals surface area contributed by atoms with E-state index in [1.54, 1.807) is 57.9 Å². The summed E-state index contributed by atoms with van der Waals surface area (Å²) in [4.78, 5) is 49.5. The zero-order chi connectivity index (χ0) is 32.5. The molecule has 8 nitrogen and oxygen atoms in total. The van der Waals surface area contributed by atoms with Crippen molar-refractivity contribution >= 4 is 40.9 Å². The van der Waals surface area contributed by atoms with Gasteiger partial charge >= 0.3 is 0 Å². The minimum atomic E-state index is -0.861. The monoisotopic (exact) mass is 631 g/mol. The van der Waals surface area contributed by atoms with Gasteiger partial charge in [-0.1, -0.05) is 51.1 Å². The normalized spacial score (nSPS) is 27.3. The molecule has 3 fully saturated rings. The summed E-state index contributed by atoms with van der Waals surface area (Å²) in [5.41, 5.74) is 1.41. The van der Waals surface area contributed by atoms with Gasteiger partial charge < -0.3 is 24.5 Å². The minimum absolute atomic E-state index is 0.00568. The van der Waals surface area contributed by atoms with Gasteiger partial charge in [0.1, 0.15) is 11.8 Å². The minimum Gasteiger partial charge on any atom is -0.497 e. The zero-order valence-corrected chi connectivity index (χ0v) is 27.5. The van der Waals surface area contributed by atoms with Gasteiger partial charge in [0.15, 0.2) is 0 Å². The van der Waals surface area contributed by atoms with Crippen LogP contribution in [0.15, 0.2) is 79.9 Å². The molecule has 3 aliphatic heterocycles. The predicted molar refractivity (Wildman–Crippen MR) is 180 cm³/mol. The summed E-state index contributed by atoms with van der Waals surface area (Å²) < 4.78 is 4.52. The van der Waals surface area contributed by atoms with Crippen LogP contribution >= 0.6 is 11.8 Å². The average molecular weight is 632 g/mol. The van der Waals surface area contributed by atoms with Crippen LogP contribution in [0.1, 0.15) is 33.6 Å². The van der Waals surface area contributed by atoms with E-state index in [-0.39, 0.29) is 48.0 Å². The number of carbonyl (C=O) groups is 3. The maximum Gasteiger partial charge on any atom is 0.251 e. The van der Waals surface area contributed by atoms with Gasteiger partial charge in [-0.3, -0.25) is 14.4 Å². The van der Waals surface area contributed by atoms with E-state index in [4.69, 9.17) is 4.74 Å². The highest BCUT2D eigenvalue weighted by Crippen LogP contribution is 2.69. The molecule has 1 N–H and O–H groups in total. The smallest absolute Gasteiger partial charge is 0.251 e. The first-order valence-electron chi connectivity index (χ1n) is 15.8. The lowest BCUT2D eigenvalue weighted by Gasteiger charge is -2.42. The predicted octanol–water partition coefficient (Wildman–Crippen LogP) is 5.18. The topological polar surface area (TPSA) is 90.4 Å². The molecule has 240 valence electrons. The number of hydrogen-bond donors (Lipinski definition) is 1. The van der Waals surface area contributed by atoms with E-state index in [0.29, 0.717) is 24.4 Å². The van der Waals surface area contributed by atoms with Crippen molar-refractivity contribution < 1.29 is 24.2 Å². The molecule has 7 atom stereocenters. The summed E-state index contributed by atoms with van der Waals surface area (Å²) in [6.07, 6.45) is 4.63. The quantitative estimate of drug-likeness (QED) is 0.307. The van der Waals surface area contributed by atoms with E-state index >= 15 is 4.79 Å². The van der Waals surface area contributed by atoms with Crippen LogP contribution in [-0.4, -0.2) is 76.6 Å². The fourth-order valence-corrected chi connectivity index (χ4v) is 10.2. The second-order valence-corrected chi connectivity index (χ2v) is 14.3. The number of amides is 3. The van der Waals surface area contributed by atoms with Crippen LogP contribution in [0.5, 0.6) is 5.75 Å². The first-order valence-corrected chi connectivity index (χ1v) is 16.7. The van der Waals surface area contributed by atoms with Gasteiger partial charge in [0.05, 0.1) is 36.3 Å². The van der Waals surface area contributed by atoms with Crippen LogP contribution in [0.25, 0.3) is 0 Å². The number of hydrogen-bond acceptors (Lipinski definition) is 6. The standard InChI is InChI=1S/C36H45N3O5S/c1-7-18-37(25-12-10-9-11-13-25)33(41)30-29-21-24(5)36(45-29)31(30)34(42)39(27(22-40)20-23(3)4)32(36)35(43)38(19-8-2)26-14-16-28(44-6)17-15-26/h7-17,23-24,27,29-32,40H,1-2,18-22H2,3-6H3/t24?,27-,29-,30+,31+,32?,36?/m1/s1. The molecule has 2 aromatic rings. The Labute approximate surface area is 271 Å². The molecular formula is C36H45N3O5S. The van der Waals surface area contributed by atoms with Gasteiger partial charge in [0, 0.05) is 29.7 Å². The number of benzene rings is 2. The second-order valence-electron chi connectivity index (χ2n) is 12.8. The number of fused-ring (bicyclic) bond motifs is 1. The van der Waals surface area contributed by atoms with Gasteiger partial charge in [-0.25, -0.2) is 0 Å². The van der Waals surface area contributed by atoms with E-state index in [1.807, 2.05) is 56.3 Å². The van der Waals surface area contributed by atoms with Crippen molar-refractivity contribution in [2.24, 2.45) is 23.7 Å². The highest BCUT2D eigenvalue weighted by molar-refractivity contribution is 8.02. The molecule has 3 amide bonds. The molecule has 3 saturated heterocycles. The van der Waals surface area contributed by atoms with Crippen LogP contribution < -0.4 is 14.5 Å². The fourth-order valence-electron chi connectivity index (χ4n) is 7.84. The van der Waals surface area contributed by atoms with Crippen molar-refractivity contribution in [3.05, 3.63) is 79.9 Å². The molecule has 5 rings (SSSR count). The lowest BCUT2D eigenvalue weighted by molar-refractivity contribution is -0.142. The Kier molecular flexibility index (Phi) is 9.80. The van der Waals surface area contributed by atoms with Crippen molar-refractivity contribution in [1.29, 1.82) is 0 Å². The molecule has 3 aliphatic rings. The van der Waals surface area contributed by atoms with Crippen LogP contribution in [0.3, 0.4) is 0 Å². The number of ether oxygens (including phenoxy) is 1. The van der Waals surface area contributed by atoms with Gasteiger partial charge in [0.25, 0.3) is 5.91 Å². The number of aliphatic hydroxyl groups is 1. The number of para-hydroxylation sites is 1. The highest BCUT2D eigenvalue weighted by Gasteiger charge is 2.77. The lowest BCUT2D eigenvalue weighted by Crippen LogP contribution is -2.59. The number of anilines is 2. The second kappa shape index (κ2) is 13.4. The van der Waals surface area contributed by atoms with Crippen molar-refractivity contribution in [2.45, 2.75) is 55.7 Å². The average Bonchev–Trinajstić information content (AvgIpc) is 3.64. The van der Waals surface area contributed by atoms with Crippen molar-refractivity contribution in [2.75, 3.05) is 36.6 Å². The Morgan fingerprint density at radius 2 is 1.64 bits per heavy atom. The molecule has 3 heterocycles. The Hall–Kier alpha value is -3.56. The number of rotatable bonds is 13. The fraction of sp³-hybridized carbons (Fsp3) is 0.472. The summed E-state index contributed by atoms with van der Waals surface area (Å²) in [6.45, 7) is 14.3. The van der Waals surface area contributed by atoms with E-state index in [0.717, 1.165) is 12.1 Å². The summed E-state index contributed by atoms with van der Waals surface area (Å²) in [5.74, 6) is -1.03. The number of likely N-dealkylation sites (tertiary alicyclic amines) is 1. The SMILES string of the molecule is C=CCN(C(=O)C1N([C@@H](CO)CC(C)C)C(=O)[C@@H]2[C@@H](C(=O)N(CC=C)c3ccccc3)[C@H]3CC(C)C12S3)c1ccc(OC)cc1. The molecule has 1 spiro atoms. The summed E-state index contributed by atoms with van der Waals surface area (Å²) in [5, 5.41) is 10.6. The summed E-state index contributed by atoms with van der Waals surface area (Å²) >= 11 is 1.64. The van der Waals surface area contributed by atoms with Crippen molar-refractivity contribution in [3.8, 4) is 5.75 Å². The number of nitrogens with zero attached hydrogens (tertiary/aromatic N) is 3. The number of thioether (sulfide) groups is 1. The number of aliphatic hydroxyl groups excluding tert-OH is 1. The largest absolute Gasteiger partial charge is 0.497 e. The maximum atomic E-state index is 15.0. The summed E-state index contributed by atoms with van der Waals surface area (Å²) in [7, 11) is 1.59. The van der Waals surface area contributed by atoms with E-state index in [9.17, 15) is 14.7 Å². The summed E-state index contributed by atoms with van der Waals surface area (Å²) in [6, 6.07) is 15.3. The molecule has 2 aromatic carbocycles. The molecule has 3 unspecified atom stereocenters. The Bertz CT molecular complexity index is 1420. The first kappa shape index (κ1) is 32.8. The number of carbonyl (C=O) groups excluding carboxylic acids is 3. The third-order valence-corrected chi connectivity index (χ3v) is 11.7. The van der Waals surface area contributed by atoms with Gasteiger partial charge in [0.2, 0.25) is 11.8 Å². The highest BCUT2D eigenvalue weighted by atomic mass is 32.2. The number of methoxy groups -OCH3 is 1. The van der Waals surface area contributed by atoms with E-state index in [2.05, 4.69) is 20.1 Å². The van der Waals surface area contributed by atoms with Gasteiger partial charge in [-0.15, -0.1) is 24.9 Å². The van der Waals surface area contributed by atoms with E-state index < -0.39 is 28.7 Å². The van der Waals surface area contributed by atoms with Gasteiger partial charge in [-0.05, 0) is 61.1 Å². The molecule has 2 bridgehead atoms. The first-order chi connectivity index (χ1) is 21.6. The Morgan fingerprint density at radius 1 is 1.04 bits per heavy atom.